The fourth-order valence-electron chi connectivity index (χ4n) is 4.74. The molecule has 0 aliphatic heterocycles. The van der Waals surface area contributed by atoms with Crippen molar-refractivity contribution >= 4 is 16.7 Å². The third-order valence-corrected chi connectivity index (χ3v) is 5.83. The van der Waals surface area contributed by atoms with Crippen molar-refractivity contribution < 1.29 is 14.3 Å². The summed E-state index contributed by atoms with van der Waals surface area (Å²) >= 11 is 0. The number of carbonyl (C=O) groups excluding carboxylic acids is 1. The summed E-state index contributed by atoms with van der Waals surface area (Å²) in [6.45, 7) is 7.83. The minimum Gasteiger partial charge on any atom is -0.496 e. The van der Waals surface area contributed by atoms with E-state index in [0.717, 1.165) is 41.3 Å². The molecule has 2 aliphatic rings. The predicted octanol–water partition coefficient (Wildman–Crippen LogP) is 6.20. The van der Waals surface area contributed by atoms with E-state index in [0.29, 0.717) is 11.7 Å². The number of allylic oxidation sites excluding steroid dienone is 4. The van der Waals surface area contributed by atoms with Gasteiger partial charge in [-0.2, -0.15) is 0 Å². The molecule has 0 fully saturated rings. The number of hydrogen-bond acceptors (Lipinski definition) is 3. The summed E-state index contributed by atoms with van der Waals surface area (Å²) < 4.78 is 11.7. The zero-order chi connectivity index (χ0) is 19.8. The highest BCUT2D eigenvalue weighted by molar-refractivity contribution is 5.99. The number of methoxy groups -OCH3 is 1. The van der Waals surface area contributed by atoms with E-state index in [9.17, 15) is 4.79 Å². The van der Waals surface area contributed by atoms with Gasteiger partial charge in [0.25, 0.3) is 0 Å². The maximum Gasteiger partial charge on any atom is 0.335 e. The number of carbonyl (C=O) groups is 1. The second-order valence-electron chi connectivity index (χ2n) is 7.82. The van der Waals surface area contributed by atoms with E-state index in [1.165, 1.54) is 22.8 Å². The Morgan fingerprint density at radius 1 is 1.18 bits per heavy atom. The van der Waals surface area contributed by atoms with Gasteiger partial charge in [-0.15, -0.1) is 0 Å². The lowest BCUT2D eigenvalue weighted by molar-refractivity contribution is -0.128. The van der Waals surface area contributed by atoms with Crippen molar-refractivity contribution in [1.29, 1.82) is 0 Å². The van der Waals surface area contributed by atoms with Gasteiger partial charge in [0.2, 0.25) is 0 Å². The molecule has 4 rings (SSSR count). The lowest BCUT2D eigenvalue weighted by atomic mass is 9.85. The molecule has 0 heterocycles. The van der Waals surface area contributed by atoms with Gasteiger partial charge in [-0.05, 0) is 33.1 Å². The Bertz CT molecular complexity index is 1020. The molecule has 2 bridgehead atoms. The maximum absolute atomic E-state index is 12.1. The van der Waals surface area contributed by atoms with E-state index in [1.54, 1.807) is 7.11 Å². The lowest BCUT2D eigenvalue weighted by Gasteiger charge is -2.24. The van der Waals surface area contributed by atoms with Crippen LogP contribution < -0.4 is 9.47 Å². The summed E-state index contributed by atoms with van der Waals surface area (Å²) in [5.74, 6) is 1.78. The Morgan fingerprint density at radius 3 is 2.54 bits per heavy atom. The third-order valence-electron chi connectivity index (χ3n) is 5.83. The summed E-state index contributed by atoms with van der Waals surface area (Å²) in [6, 6.07) is 8.00. The lowest BCUT2D eigenvalue weighted by Crippen LogP contribution is -2.10. The quantitative estimate of drug-likeness (QED) is 0.261. The monoisotopic (exact) mass is 374 g/mol. The van der Waals surface area contributed by atoms with Crippen LogP contribution in [-0.4, -0.2) is 13.1 Å². The van der Waals surface area contributed by atoms with Crippen LogP contribution in [0.25, 0.3) is 10.8 Å². The maximum atomic E-state index is 12.1. The van der Waals surface area contributed by atoms with E-state index in [4.69, 9.17) is 9.47 Å². The summed E-state index contributed by atoms with van der Waals surface area (Å²) in [5.41, 5.74) is 5.11. The third kappa shape index (κ3) is 2.95. The molecule has 2 atom stereocenters. The van der Waals surface area contributed by atoms with Crippen molar-refractivity contribution in [3.8, 4) is 11.5 Å². The smallest absolute Gasteiger partial charge is 0.335 e. The average Bonchev–Trinajstić information content (AvgIpc) is 3.26. The van der Waals surface area contributed by atoms with Gasteiger partial charge in [0, 0.05) is 39.8 Å². The summed E-state index contributed by atoms with van der Waals surface area (Å²) in [4.78, 5) is 12.1. The number of hydrogen-bond donors (Lipinski definition) is 0. The second kappa shape index (κ2) is 7.31. The molecule has 2 aliphatic carbocycles. The van der Waals surface area contributed by atoms with E-state index in [2.05, 4.69) is 32.6 Å². The molecule has 0 saturated heterocycles. The Hall–Kier alpha value is -2.81. The first-order valence-electron chi connectivity index (χ1n) is 9.85. The Labute approximate surface area is 166 Å². The first-order chi connectivity index (χ1) is 13.5. The number of rotatable bonds is 6. The highest BCUT2D eigenvalue weighted by Crippen LogP contribution is 2.61. The van der Waals surface area contributed by atoms with Gasteiger partial charge in [-0.1, -0.05) is 54.1 Å². The molecule has 28 heavy (non-hydrogen) atoms. The van der Waals surface area contributed by atoms with Crippen molar-refractivity contribution in [3.05, 3.63) is 71.3 Å². The van der Waals surface area contributed by atoms with Crippen molar-refractivity contribution in [1.82, 2.24) is 0 Å². The Kier molecular flexibility index (Phi) is 4.84. The zero-order valence-electron chi connectivity index (χ0n) is 16.7. The van der Waals surface area contributed by atoms with Gasteiger partial charge in [0.1, 0.15) is 11.5 Å². The first-order valence-corrected chi connectivity index (χ1v) is 9.85. The SMILES string of the molecule is C=CC(=O)Oc1c2c(c(OC)c3ccccc13)C1C=C(CCC=C(C)C)C2C1. The molecule has 3 nitrogen and oxygen atoms in total. The normalized spacial score (nSPS) is 19.2. The first kappa shape index (κ1) is 18.5. The highest BCUT2D eigenvalue weighted by atomic mass is 16.5. The molecule has 144 valence electrons. The van der Waals surface area contributed by atoms with Crippen molar-refractivity contribution in [3.63, 3.8) is 0 Å². The van der Waals surface area contributed by atoms with Crippen LogP contribution in [0.1, 0.15) is 56.1 Å². The fraction of sp³-hybridized carbons (Fsp3) is 0.320. The molecule has 2 aromatic carbocycles. The zero-order valence-corrected chi connectivity index (χ0v) is 16.7. The summed E-state index contributed by atoms with van der Waals surface area (Å²) in [5, 5.41) is 1.91. The van der Waals surface area contributed by atoms with Crippen LogP contribution in [0.4, 0.5) is 0 Å². The fourth-order valence-corrected chi connectivity index (χ4v) is 4.74. The predicted molar refractivity (Wildman–Crippen MR) is 113 cm³/mol. The molecule has 0 spiro atoms. The Balaban J connectivity index is 1.86. The standard InChI is InChI=1S/C25H26O3/c1-5-21(26)28-25-19-12-7-6-11-18(19)24(27-4)22-17-13-16(10-8-9-15(2)3)20(14-17)23(22)25/h5-7,9,11-13,17,20H,1,8,10,14H2,2-4H3. The van der Waals surface area contributed by atoms with Crippen LogP contribution in [0.2, 0.25) is 0 Å². The van der Waals surface area contributed by atoms with Crippen LogP contribution in [0.5, 0.6) is 11.5 Å². The minimum atomic E-state index is -0.421. The van der Waals surface area contributed by atoms with E-state index in [1.807, 2.05) is 24.3 Å². The summed E-state index contributed by atoms with van der Waals surface area (Å²) in [7, 11) is 1.73. The average molecular weight is 374 g/mol. The van der Waals surface area contributed by atoms with E-state index < -0.39 is 5.97 Å². The van der Waals surface area contributed by atoms with Crippen LogP contribution in [-0.2, 0) is 4.79 Å². The molecule has 2 unspecified atom stereocenters. The second-order valence-corrected chi connectivity index (χ2v) is 7.82. The molecule has 0 N–H and O–H groups in total. The van der Waals surface area contributed by atoms with Gasteiger partial charge in [0.15, 0.2) is 0 Å². The molecule has 0 radical (unpaired) electrons. The number of benzene rings is 2. The number of esters is 1. The molecule has 0 saturated carbocycles. The molecule has 2 aromatic rings. The number of ether oxygens (including phenoxy) is 2. The van der Waals surface area contributed by atoms with Gasteiger partial charge < -0.3 is 9.47 Å². The van der Waals surface area contributed by atoms with Gasteiger partial charge >= 0.3 is 5.97 Å². The Morgan fingerprint density at radius 2 is 1.89 bits per heavy atom. The van der Waals surface area contributed by atoms with Gasteiger partial charge in [-0.3, -0.25) is 0 Å². The topological polar surface area (TPSA) is 35.5 Å². The van der Waals surface area contributed by atoms with Gasteiger partial charge in [-0.25, -0.2) is 4.79 Å². The van der Waals surface area contributed by atoms with Crippen molar-refractivity contribution in [2.24, 2.45) is 0 Å². The van der Waals surface area contributed by atoms with Crippen LogP contribution in [0, 0.1) is 0 Å². The van der Waals surface area contributed by atoms with E-state index >= 15 is 0 Å². The number of fused-ring (bicyclic) bond motifs is 6. The van der Waals surface area contributed by atoms with Crippen LogP contribution in [0.3, 0.4) is 0 Å². The largest absolute Gasteiger partial charge is 0.496 e. The van der Waals surface area contributed by atoms with Crippen molar-refractivity contribution in [2.45, 2.75) is 44.9 Å². The van der Waals surface area contributed by atoms with Crippen LogP contribution >= 0.6 is 0 Å². The molecule has 0 amide bonds. The minimum absolute atomic E-state index is 0.289. The summed E-state index contributed by atoms with van der Waals surface area (Å²) in [6.07, 6.45) is 9.03. The van der Waals surface area contributed by atoms with Crippen molar-refractivity contribution in [2.75, 3.05) is 7.11 Å². The van der Waals surface area contributed by atoms with Gasteiger partial charge in [0.05, 0.1) is 7.11 Å². The van der Waals surface area contributed by atoms with E-state index in [-0.39, 0.29) is 5.92 Å². The highest BCUT2D eigenvalue weighted by Gasteiger charge is 2.43. The molecular formula is C25H26O3. The van der Waals surface area contributed by atoms with Crippen LogP contribution in [0.15, 0.2) is 60.2 Å². The molecule has 3 heteroatoms. The molecule has 0 aromatic heterocycles. The molecular weight excluding hydrogens is 348 g/mol.